The van der Waals surface area contributed by atoms with Gasteiger partial charge in [-0.3, -0.25) is 4.79 Å². The van der Waals surface area contributed by atoms with Gasteiger partial charge in [0.05, 0.1) is 23.8 Å². The Hall–Kier alpha value is -2.59. The number of hydrogen-bond donors (Lipinski definition) is 0. The largest absolute Gasteiger partial charge is 0.463 e. The van der Waals surface area contributed by atoms with Gasteiger partial charge < -0.3 is 9.64 Å². The van der Waals surface area contributed by atoms with Gasteiger partial charge in [0.25, 0.3) is 0 Å². The van der Waals surface area contributed by atoms with Gasteiger partial charge in [0, 0.05) is 17.1 Å². The molecule has 0 aliphatic carbocycles. The van der Waals surface area contributed by atoms with Gasteiger partial charge in [-0.25, -0.2) is 4.79 Å². The highest BCUT2D eigenvalue weighted by Gasteiger charge is 2.41. The van der Waals surface area contributed by atoms with Gasteiger partial charge in [-0.05, 0) is 43.0 Å². The fourth-order valence-corrected chi connectivity index (χ4v) is 4.11. The molecule has 138 valence electrons. The van der Waals surface area contributed by atoms with E-state index < -0.39 is 0 Å². The fraction of sp³-hybridized carbons (Fsp3) is 0.273. The van der Waals surface area contributed by atoms with E-state index in [2.05, 4.69) is 0 Å². The normalized spacial score (nSPS) is 18.8. The molecule has 1 amide bonds. The summed E-state index contributed by atoms with van der Waals surface area (Å²) in [6, 6.07) is 15.3. The Morgan fingerprint density at radius 3 is 2.74 bits per heavy atom. The summed E-state index contributed by atoms with van der Waals surface area (Å²) in [5, 5.41) is 0.587. The monoisotopic (exact) mass is 381 g/mol. The Balaban J connectivity index is 1.88. The van der Waals surface area contributed by atoms with Crippen LogP contribution in [0.1, 0.15) is 36.0 Å². The van der Waals surface area contributed by atoms with Crippen LogP contribution in [0.4, 0.5) is 0 Å². The van der Waals surface area contributed by atoms with Gasteiger partial charge in [0.1, 0.15) is 0 Å². The molecule has 0 fully saturated rings. The van der Waals surface area contributed by atoms with E-state index in [1.54, 1.807) is 11.8 Å². The lowest BCUT2D eigenvalue weighted by Crippen LogP contribution is -2.43. The van der Waals surface area contributed by atoms with Crippen molar-refractivity contribution >= 4 is 29.2 Å². The van der Waals surface area contributed by atoms with Crippen LogP contribution < -0.4 is 0 Å². The Morgan fingerprint density at radius 1 is 1.22 bits per heavy atom. The number of fused-ring (bicyclic) bond motifs is 3. The topological polar surface area (TPSA) is 46.6 Å². The van der Waals surface area contributed by atoms with Gasteiger partial charge in [-0.1, -0.05) is 48.0 Å². The van der Waals surface area contributed by atoms with Gasteiger partial charge in [-0.15, -0.1) is 0 Å². The number of carbonyl (C=O) groups excluding carboxylic acids is 2. The van der Waals surface area contributed by atoms with Gasteiger partial charge in [0.15, 0.2) is 0 Å². The van der Waals surface area contributed by atoms with Crippen molar-refractivity contribution < 1.29 is 14.3 Å². The predicted molar refractivity (Wildman–Crippen MR) is 104 cm³/mol. The van der Waals surface area contributed by atoms with Gasteiger partial charge in [-0.2, -0.15) is 0 Å². The minimum atomic E-state index is -0.380. The van der Waals surface area contributed by atoms with E-state index >= 15 is 0 Å². The van der Waals surface area contributed by atoms with E-state index in [-0.39, 0.29) is 17.8 Å². The molecular weight excluding hydrogens is 362 g/mol. The highest BCUT2D eigenvalue weighted by atomic mass is 35.5. The number of amides is 1. The van der Waals surface area contributed by atoms with Crippen LogP contribution >= 0.6 is 11.6 Å². The van der Waals surface area contributed by atoms with Crippen LogP contribution in [0.5, 0.6) is 0 Å². The van der Waals surface area contributed by atoms with Gasteiger partial charge >= 0.3 is 5.97 Å². The van der Waals surface area contributed by atoms with Crippen LogP contribution in [0, 0.1) is 0 Å². The van der Waals surface area contributed by atoms with Crippen LogP contribution in [-0.2, 0) is 20.7 Å². The molecule has 0 spiro atoms. The Kier molecular flexibility index (Phi) is 4.75. The van der Waals surface area contributed by atoms with Crippen molar-refractivity contribution in [1.82, 2.24) is 4.90 Å². The number of nitrogens with zero attached hydrogens (tertiary/aromatic N) is 1. The summed E-state index contributed by atoms with van der Waals surface area (Å²) in [6.07, 6.45) is 1.07. The molecule has 2 heterocycles. The molecule has 0 saturated carbocycles. The first-order valence-electron chi connectivity index (χ1n) is 9.15. The molecule has 0 N–H and O–H groups in total. The van der Waals surface area contributed by atoms with Crippen LogP contribution in [-0.4, -0.2) is 29.9 Å². The molecule has 4 nitrogen and oxygen atoms in total. The van der Waals surface area contributed by atoms with E-state index in [0.29, 0.717) is 35.9 Å². The molecular formula is C22H20ClNO3. The third kappa shape index (κ3) is 3.15. The molecule has 5 heteroatoms. The average molecular weight is 382 g/mol. The molecule has 0 radical (unpaired) electrons. The number of esters is 1. The minimum Gasteiger partial charge on any atom is -0.463 e. The number of benzene rings is 2. The molecule has 27 heavy (non-hydrogen) atoms. The van der Waals surface area contributed by atoms with Crippen LogP contribution in [0.25, 0.3) is 5.70 Å². The van der Waals surface area contributed by atoms with Crippen molar-refractivity contribution in [1.29, 1.82) is 0 Å². The molecule has 4 rings (SSSR count). The lowest BCUT2D eigenvalue weighted by molar-refractivity contribution is -0.139. The highest BCUT2D eigenvalue weighted by molar-refractivity contribution is 6.30. The number of hydrogen-bond acceptors (Lipinski definition) is 3. The molecule has 0 bridgehead atoms. The lowest BCUT2D eigenvalue weighted by atomic mass is 9.82. The molecule has 0 saturated heterocycles. The van der Waals surface area contributed by atoms with Gasteiger partial charge in [0.2, 0.25) is 5.91 Å². The molecule has 2 aliphatic heterocycles. The zero-order valence-corrected chi connectivity index (χ0v) is 15.8. The SMILES string of the molecule is CCOC(=O)C1=C2c3cc(Cl)ccc3CCN2C(=O)C(c2ccccc2)C1. The van der Waals surface area contributed by atoms with Crippen molar-refractivity contribution in [2.45, 2.75) is 25.7 Å². The van der Waals surface area contributed by atoms with Crippen molar-refractivity contribution in [2.75, 3.05) is 13.2 Å². The molecule has 2 aliphatic rings. The van der Waals surface area contributed by atoms with Crippen LogP contribution in [0.2, 0.25) is 5.02 Å². The van der Waals surface area contributed by atoms with E-state index in [9.17, 15) is 9.59 Å². The number of carbonyl (C=O) groups is 2. The fourth-order valence-electron chi connectivity index (χ4n) is 3.94. The summed E-state index contributed by atoms with van der Waals surface area (Å²) in [5.41, 5.74) is 4.08. The maximum atomic E-state index is 13.3. The van der Waals surface area contributed by atoms with Crippen LogP contribution in [0.15, 0.2) is 54.1 Å². The van der Waals surface area contributed by atoms with Crippen molar-refractivity contribution in [3.05, 3.63) is 75.8 Å². The smallest absolute Gasteiger partial charge is 0.336 e. The second kappa shape index (κ2) is 7.20. The molecule has 1 unspecified atom stereocenters. The Morgan fingerprint density at radius 2 is 2.00 bits per heavy atom. The summed E-state index contributed by atoms with van der Waals surface area (Å²) in [6.45, 7) is 2.63. The summed E-state index contributed by atoms with van der Waals surface area (Å²) < 4.78 is 5.33. The van der Waals surface area contributed by atoms with Crippen LogP contribution in [0.3, 0.4) is 0 Å². The summed E-state index contributed by atoms with van der Waals surface area (Å²) in [5.74, 6) is -0.719. The summed E-state index contributed by atoms with van der Waals surface area (Å²) in [4.78, 5) is 27.8. The maximum absolute atomic E-state index is 13.3. The predicted octanol–water partition coefficient (Wildman–Crippen LogP) is 4.19. The quantitative estimate of drug-likeness (QED) is 0.749. The second-order valence-corrected chi connectivity index (χ2v) is 7.19. The zero-order valence-electron chi connectivity index (χ0n) is 15.1. The maximum Gasteiger partial charge on any atom is 0.336 e. The first-order chi connectivity index (χ1) is 13.1. The van der Waals surface area contributed by atoms with E-state index in [1.165, 1.54) is 0 Å². The van der Waals surface area contributed by atoms with E-state index in [4.69, 9.17) is 16.3 Å². The first kappa shape index (κ1) is 17.8. The van der Waals surface area contributed by atoms with Crippen molar-refractivity contribution in [3.8, 4) is 0 Å². The molecule has 0 aromatic heterocycles. The van der Waals surface area contributed by atoms with Crippen molar-refractivity contribution in [3.63, 3.8) is 0 Å². The number of rotatable bonds is 3. The third-order valence-corrected chi connectivity index (χ3v) is 5.42. The van der Waals surface area contributed by atoms with Crippen molar-refractivity contribution in [2.24, 2.45) is 0 Å². The number of halogens is 1. The lowest BCUT2D eigenvalue weighted by Gasteiger charge is -2.39. The standard InChI is InChI=1S/C22H20ClNO3/c1-2-27-22(26)19-13-18(14-6-4-3-5-7-14)21(25)24-11-10-15-8-9-16(23)12-17(15)20(19)24/h3-9,12,18H,2,10-11,13H2,1H3. The molecule has 2 aromatic rings. The third-order valence-electron chi connectivity index (χ3n) is 5.18. The summed E-state index contributed by atoms with van der Waals surface area (Å²) >= 11 is 6.22. The Labute approximate surface area is 163 Å². The summed E-state index contributed by atoms with van der Waals surface area (Å²) in [7, 11) is 0. The number of ether oxygens (including phenoxy) is 1. The first-order valence-corrected chi connectivity index (χ1v) is 9.53. The average Bonchev–Trinajstić information content (AvgIpc) is 2.69. The van der Waals surface area contributed by atoms with E-state index in [0.717, 1.165) is 23.1 Å². The zero-order chi connectivity index (χ0) is 19.0. The Bertz CT molecular complexity index is 936. The van der Waals surface area contributed by atoms with E-state index in [1.807, 2.05) is 48.5 Å². The molecule has 1 atom stereocenters. The highest BCUT2D eigenvalue weighted by Crippen LogP contribution is 2.42. The second-order valence-electron chi connectivity index (χ2n) is 6.76. The minimum absolute atomic E-state index is 0.0230. The molecule has 2 aromatic carbocycles.